The highest BCUT2D eigenvalue weighted by Gasteiger charge is 2.53. The minimum atomic E-state index is -1.69. The molecule has 8 nitrogen and oxygen atoms in total. The van der Waals surface area contributed by atoms with Gasteiger partial charge in [0.1, 0.15) is 0 Å². The van der Waals surface area contributed by atoms with Crippen LogP contribution in [-0.4, -0.2) is 39.7 Å². The first kappa shape index (κ1) is 31.4. The fraction of sp³-hybridized carbons (Fsp3) is 0.400. The van der Waals surface area contributed by atoms with Crippen LogP contribution in [0.3, 0.4) is 0 Å². The van der Waals surface area contributed by atoms with Crippen LogP contribution >= 0.6 is 35.6 Å². The van der Waals surface area contributed by atoms with Gasteiger partial charge in [0.05, 0.1) is 0 Å². The van der Waals surface area contributed by atoms with Gasteiger partial charge in [-0.1, -0.05) is 42.5 Å². The number of carbonyl (C=O) groups excluding carboxylic acids is 2. The fourth-order valence-corrected chi connectivity index (χ4v) is 2.56. The highest BCUT2D eigenvalue weighted by molar-refractivity contribution is 6.67. The van der Waals surface area contributed by atoms with Crippen LogP contribution in [0.5, 0.6) is 0 Å². The average molecular weight is 497 g/mol. The molecule has 1 aromatic carbocycles. The molecule has 31 heavy (non-hydrogen) atoms. The molecule has 2 unspecified atom stereocenters. The molecule has 0 radical (unpaired) electrons. The van der Waals surface area contributed by atoms with E-state index in [0.717, 1.165) is 0 Å². The van der Waals surface area contributed by atoms with Crippen molar-refractivity contribution in [1.29, 1.82) is 0 Å². The van der Waals surface area contributed by atoms with E-state index in [2.05, 4.69) is 5.43 Å². The Morgan fingerprint density at radius 3 is 1.97 bits per heavy atom. The summed E-state index contributed by atoms with van der Waals surface area (Å²) in [6, 6.07) is 7.47. The lowest BCUT2D eigenvalue weighted by Crippen LogP contribution is -2.53. The van der Waals surface area contributed by atoms with E-state index >= 15 is 0 Å². The van der Waals surface area contributed by atoms with Crippen molar-refractivity contribution in [3.05, 3.63) is 69.8 Å². The Bertz CT molecular complexity index is 795. The summed E-state index contributed by atoms with van der Waals surface area (Å²) in [5, 5.41) is 9.58. The Balaban J connectivity index is 0. The number of nitrogens with one attached hydrogen (secondary N) is 1. The molecular formula is C20H28Cl3N3O5. The van der Waals surface area contributed by atoms with Gasteiger partial charge in [-0.15, -0.1) is 12.4 Å². The SMILES string of the molecule is CC(C)(C)NN.COC1(C(=O)Cl)C=CC=C(C)C1[N+](=O)[O-].Cl.O=C(Cl)c1ccccc1. The van der Waals surface area contributed by atoms with E-state index in [0.29, 0.717) is 11.1 Å². The predicted molar refractivity (Wildman–Crippen MR) is 125 cm³/mol. The highest BCUT2D eigenvalue weighted by atomic mass is 35.5. The van der Waals surface area contributed by atoms with Crippen LogP contribution in [0.25, 0.3) is 0 Å². The zero-order valence-electron chi connectivity index (χ0n) is 17.9. The monoisotopic (exact) mass is 495 g/mol. The summed E-state index contributed by atoms with van der Waals surface area (Å²) >= 11 is 10.5. The maximum atomic E-state index is 11.3. The standard InChI is InChI=1S/C9H10ClNO4.C7H5ClO.C4H12N2.ClH/c1-6-4-3-5-9(15-2,8(10)12)7(6)11(13)14;8-7(9)6-4-2-1-3-5-6;1-4(2,3)6-5;/h3-5,7H,1-2H3;1-5H;6H,5H2,1-3H3;1H. The lowest BCUT2D eigenvalue weighted by atomic mass is 9.86. The van der Waals surface area contributed by atoms with Crippen LogP contribution < -0.4 is 11.3 Å². The molecular weight excluding hydrogens is 469 g/mol. The number of nitrogens with two attached hydrogens (primary N) is 1. The summed E-state index contributed by atoms with van der Waals surface area (Å²) in [5.74, 6) is 5.06. The second-order valence-corrected chi connectivity index (χ2v) is 7.95. The van der Waals surface area contributed by atoms with Gasteiger partial charge in [0.15, 0.2) is 0 Å². The molecule has 2 atom stereocenters. The lowest BCUT2D eigenvalue weighted by molar-refractivity contribution is -0.527. The van der Waals surface area contributed by atoms with Gasteiger partial charge in [-0.2, -0.15) is 0 Å². The van der Waals surface area contributed by atoms with Crippen LogP contribution in [-0.2, 0) is 9.53 Å². The van der Waals surface area contributed by atoms with Crippen molar-refractivity contribution in [2.45, 2.75) is 44.9 Å². The molecule has 1 aliphatic carbocycles. The van der Waals surface area contributed by atoms with Gasteiger partial charge in [-0.3, -0.25) is 31.0 Å². The number of ether oxygens (including phenoxy) is 1. The molecule has 0 saturated heterocycles. The smallest absolute Gasteiger partial charge is 0.274 e. The summed E-state index contributed by atoms with van der Waals surface area (Å²) in [5.41, 5.74) is 1.95. The molecule has 11 heteroatoms. The molecule has 0 amide bonds. The predicted octanol–water partition coefficient (Wildman–Crippen LogP) is 4.03. The first-order chi connectivity index (χ1) is 13.8. The van der Waals surface area contributed by atoms with Crippen LogP contribution in [0.15, 0.2) is 54.1 Å². The Kier molecular flexibility index (Phi) is 14.5. The number of hydrazine groups is 1. The summed E-state index contributed by atoms with van der Waals surface area (Å²) in [7, 11) is 1.22. The zero-order valence-corrected chi connectivity index (χ0v) is 20.3. The second-order valence-electron chi connectivity index (χ2n) is 7.26. The molecule has 1 aliphatic rings. The minimum Gasteiger partial charge on any atom is -0.359 e. The van der Waals surface area contributed by atoms with Crippen molar-refractivity contribution in [1.82, 2.24) is 5.43 Å². The topological polar surface area (TPSA) is 125 Å². The average Bonchev–Trinajstić information content (AvgIpc) is 2.68. The number of carbonyl (C=O) groups is 2. The van der Waals surface area contributed by atoms with Gasteiger partial charge in [0, 0.05) is 28.7 Å². The molecule has 3 N–H and O–H groups in total. The number of methoxy groups -OCH3 is 1. The van der Waals surface area contributed by atoms with Crippen molar-refractivity contribution >= 4 is 46.1 Å². The van der Waals surface area contributed by atoms with Gasteiger partial charge >= 0.3 is 0 Å². The van der Waals surface area contributed by atoms with Gasteiger partial charge in [0.25, 0.3) is 16.5 Å². The normalized spacial score (nSPS) is 19.4. The Morgan fingerprint density at radius 1 is 1.23 bits per heavy atom. The number of halogens is 3. The lowest BCUT2D eigenvalue weighted by Gasteiger charge is -2.30. The van der Waals surface area contributed by atoms with Gasteiger partial charge in [0.2, 0.25) is 5.60 Å². The molecule has 0 spiro atoms. The van der Waals surface area contributed by atoms with Crippen molar-refractivity contribution in [3.8, 4) is 0 Å². The van der Waals surface area contributed by atoms with Gasteiger partial charge in [-0.05, 0) is 57.0 Å². The van der Waals surface area contributed by atoms with Crippen molar-refractivity contribution in [3.63, 3.8) is 0 Å². The number of hydrogen-bond donors (Lipinski definition) is 2. The van der Waals surface area contributed by atoms with Crippen molar-refractivity contribution < 1.29 is 19.2 Å². The number of nitrogens with zero attached hydrogens (tertiary/aromatic N) is 1. The fourth-order valence-electron chi connectivity index (χ4n) is 2.19. The summed E-state index contributed by atoms with van der Waals surface area (Å²) in [6.07, 6.45) is 4.40. The number of hydrogen-bond acceptors (Lipinski definition) is 7. The van der Waals surface area contributed by atoms with E-state index in [-0.39, 0.29) is 17.9 Å². The third-order valence-electron chi connectivity index (χ3n) is 3.83. The van der Waals surface area contributed by atoms with Gasteiger partial charge in [-0.25, -0.2) is 0 Å². The van der Waals surface area contributed by atoms with Crippen LogP contribution in [0.1, 0.15) is 38.1 Å². The van der Waals surface area contributed by atoms with E-state index in [1.807, 2.05) is 26.8 Å². The first-order valence-electron chi connectivity index (χ1n) is 8.79. The zero-order chi connectivity index (χ0) is 23.5. The first-order valence-corrected chi connectivity index (χ1v) is 9.55. The maximum absolute atomic E-state index is 11.3. The summed E-state index contributed by atoms with van der Waals surface area (Å²) in [4.78, 5) is 32.0. The minimum absolute atomic E-state index is 0. The molecule has 0 fully saturated rings. The third-order valence-corrected chi connectivity index (χ3v) is 4.34. The Labute approximate surface area is 198 Å². The largest absolute Gasteiger partial charge is 0.359 e. The Morgan fingerprint density at radius 2 is 1.71 bits per heavy atom. The molecule has 174 valence electrons. The molecule has 2 rings (SSSR count). The molecule has 1 aromatic rings. The highest BCUT2D eigenvalue weighted by Crippen LogP contribution is 2.31. The van der Waals surface area contributed by atoms with Crippen LogP contribution in [0.2, 0.25) is 0 Å². The second kappa shape index (κ2) is 14.3. The maximum Gasteiger partial charge on any atom is 0.274 e. The number of nitro groups is 1. The third kappa shape index (κ3) is 10.4. The van der Waals surface area contributed by atoms with E-state index < -0.39 is 27.1 Å². The Hall–Kier alpha value is -1.81. The summed E-state index contributed by atoms with van der Waals surface area (Å²) < 4.78 is 4.93. The van der Waals surface area contributed by atoms with E-state index in [1.54, 1.807) is 37.3 Å². The number of allylic oxidation sites excluding steroid dienone is 2. The van der Waals surface area contributed by atoms with E-state index in [1.165, 1.54) is 19.3 Å². The van der Waals surface area contributed by atoms with Crippen LogP contribution in [0.4, 0.5) is 0 Å². The summed E-state index contributed by atoms with van der Waals surface area (Å²) in [6.45, 7) is 7.58. The number of rotatable bonds is 4. The molecule has 0 bridgehead atoms. The van der Waals surface area contributed by atoms with Crippen molar-refractivity contribution in [2.24, 2.45) is 5.84 Å². The molecule has 0 aliphatic heterocycles. The number of benzene rings is 1. The van der Waals surface area contributed by atoms with Crippen molar-refractivity contribution in [2.75, 3.05) is 7.11 Å². The quantitative estimate of drug-likeness (QED) is 0.279. The van der Waals surface area contributed by atoms with Gasteiger partial charge < -0.3 is 4.74 Å². The molecule has 0 heterocycles. The van der Waals surface area contributed by atoms with Crippen LogP contribution in [0, 0.1) is 10.1 Å². The molecule has 0 saturated carbocycles. The van der Waals surface area contributed by atoms with E-state index in [9.17, 15) is 19.7 Å². The molecule has 0 aromatic heterocycles. The van der Waals surface area contributed by atoms with E-state index in [4.69, 9.17) is 33.8 Å².